The van der Waals surface area contributed by atoms with E-state index in [-0.39, 0.29) is 18.4 Å². The van der Waals surface area contributed by atoms with E-state index in [1.165, 1.54) is 7.11 Å². The van der Waals surface area contributed by atoms with Crippen LogP contribution >= 0.6 is 15.9 Å². The van der Waals surface area contributed by atoms with Gasteiger partial charge in [-0.1, -0.05) is 28.1 Å². The Bertz CT molecular complexity index is 444. The van der Waals surface area contributed by atoms with E-state index in [0.717, 1.165) is 10.0 Å². The highest BCUT2D eigenvalue weighted by Crippen LogP contribution is 2.17. The van der Waals surface area contributed by atoms with Crippen LogP contribution in [0, 0.1) is 0 Å². The van der Waals surface area contributed by atoms with Gasteiger partial charge in [0, 0.05) is 17.6 Å². The van der Waals surface area contributed by atoms with E-state index < -0.39 is 10.0 Å². The Hall–Kier alpha value is -0.430. The van der Waals surface area contributed by atoms with Gasteiger partial charge in [-0.05, 0) is 24.6 Å². The van der Waals surface area contributed by atoms with Crippen LogP contribution in [0.4, 0.5) is 0 Å². The first kappa shape index (κ1) is 14.6. The topological polar surface area (TPSA) is 55.4 Å². The quantitative estimate of drug-likeness (QED) is 0.872. The molecule has 0 heterocycles. The lowest BCUT2D eigenvalue weighted by Crippen LogP contribution is -2.30. The molecule has 0 aliphatic rings. The third kappa shape index (κ3) is 5.16. The number of rotatable bonds is 6. The lowest BCUT2D eigenvalue weighted by atomic mass is 10.1. The maximum Gasteiger partial charge on any atom is 0.214 e. The second-order valence-electron chi connectivity index (χ2n) is 3.70. The molecule has 0 radical (unpaired) electrons. The van der Waals surface area contributed by atoms with Crippen molar-refractivity contribution in [2.24, 2.45) is 0 Å². The van der Waals surface area contributed by atoms with Crippen LogP contribution in [0.1, 0.15) is 18.5 Å². The van der Waals surface area contributed by atoms with Crippen molar-refractivity contribution in [3.8, 4) is 0 Å². The zero-order valence-electron chi connectivity index (χ0n) is 9.81. The number of hydrogen-bond acceptors (Lipinski definition) is 3. The summed E-state index contributed by atoms with van der Waals surface area (Å²) in [4.78, 5) is 0. The van der Waals surface area contributed by atoms with E-state index in [0.29, 0.717) is 0 Å². The molecule has 0 saturated carbocycles. The zero-order chi connectivity index (χ0) is 12.9. The monoisotopic (exact) mass is 321 g/mol. The second kappa shape index (κ2) is 6.49. The van der Waals surface area contributed by atoms with Gasteiger partial charge in [0.1, 0.15) is 0 Å². The fourth-order valence-corrected chi connectivity index (χ4v) is 2.78. The van der Waals surface area contributed by atoms with Gasteiger partial charge in [-0.15, -0.1) is 0 Å². The molecule has 0 fully saturated rings. The van der Waals surface area contributed by atoms with Gasteiger partial charge in [-0.25, -0.2) is 13.1 Å². The Kier molecular flexibility index (Phi) is 5.58. The summed E-state index contributed by atoms with van der Waals surface area (Å²) < 4.78 is 31.6. The Balaban J connectivity index is 2.65. The van der Waals surface area contributed by atoms with Crippen molar-refractivity contribution in [2.75, 3.05) is 19.5 Å². The maximum atomic E-state index is 11.6. The molecule has 0 aliphatic carbocycles. The molecule has 6 heteroatoms. The van der Waals surface area contributed by atoms with Gasteiger partial charge in [0.05, 0.1) is 12.4 Å². The van der Waals surface area contributed by atoms with Crippen LogP contribution in [-0.4, -0.2) is 27.9 Å². The number of ether oxygens (including phenoxy) is 1. The molecule has 1 atom stereocenters. The van der Waals surface area contributed by atoms with Gasteiger partial charge in [-0.3, -0.25) is 0 Å². The molecule has 1 aromatic carbocycles. The molecule has 0 saturated heterocycles. The molecule has 17 heavy (non-hydrogen) atoms. The van der Waals surface area contributed by atoms with Gasteiger partial charge >= 0.3 is 0 Å². The molecular weight excluding hydrogens is 306 g/mol. The molecule has 1 unspecified atom stereocenters. The van der Waals surface area contributed by atoms with Gasteiger partial charge < -0.3 is 4.74 Å². The predicted octanol–water partition coefficient (Wildman–Crippen LogP) is 2.08. The van der Waals surface area contributed by atoms with Crippen molar-refractivity contribution in [1.29, 1.82) is 0 Å². The first-order valence-corrected chi connectivity index (χ1v) is 7.63. The molecule has 1 aromatic rings. The van der Waals surface area contributed by atoms with Crippen LogP contribution in [0.3, 0.4) is 0 Å². The van der Waals surface area contributed by atoms with E-state index in [1.54, 1.807) is 0 Å². The summed E-state index contributed by atoms with van der Waals surface area (Å²) in [5.74, 6) is -0.0234. The molecular formula is C11H16BrNO3S. The fourth-order valence-electron chi connectivity index (χ4n) is 1.34. The highest BCUT2D eigenvalue weighted by molar-refractivity contribution is 9.10. The standard InChI is InChI=1S/C11H16BrNO3S/c1-9(10-3-5-11(12)6-4-10)13-17(14,15)8-7-16-2/h3-6,9,13H,7-8H2,1-2H3. The summed E-state index contributed by atoms with van der Waals surface area (Å²) in [5.41, 5.74) is 0.925. The van der Waals surface area contributed by atoms with Crippen LogP contribution in [-0.2, 0) is 14.8 Å². The van der Waals surface area contributed by atoms with Gasteiger partial charge in [0.15, 0.2) is 0 Å². The molecule has 96 valence electrons. The number of hydrogen-bond donors (Lipinski definition) is 1. The van der Waals surface area contributed by atoms with Crippen LogP contribution in [0.5, 0.6) is 0 Å². The van der Waals surface area contributed by atoms with Crippen molar-refractivity contribution >= 4 is 26.0 Å². The average molecular weight is 322 g/mol. The number of nitrogens with one attached hydrogen (secondary N) is 1. The summed E-state index contributed by atoms with van der Waals surface area (Å²) in [6.07, 6.45) is 0. The molecule has 1 N–H and O–H groups in total. The van der Waals surface area contributed by atoms with Crippen molar-refractivity contribution in [3.63, 3.8) is 0 Å². The van der Waals surface area contributed by atoms with Crippen molar-refractivity contribution in [2.45, 2.75) is 13.0 Å². The molecule has 0 aliphatic heterocycles. The molecule has 0 spiro atoms. The first-order chi connectivity index (χ1) is 7.94. The van der Waals surface area contributed by atoms with Crippen LogP contribution in [0.25, 0.3) is 0 Å². The molecule has 0 aromatic heterocycles. The predicted molar refractivity (Wildman–Crippen MR) is 71.4 cm³/mol. The lowest BCUT2D eigenvalue weighted by Gasteiger charge is -2.14. The molecule has 1 rings (SSSR count). The lowest BCUT2D eigenvalue weighted by molar-refractivity contribution is 0.216. The van der Waals surface area contributed by atoms with Crippen molar-refractivity contribution < 1.29 is 13.2 Å². The number of benzene rings is 1. The van der Waals surface area contributed by atoms with Gasteiger partial charge in [0.2, 0.25) is 10.0 Å². The highest BCUT2D eigenvalue weighted by atomic mass is 79.9. The number of halogens is 1. The average Bonchev–Trinajstić information content (AvgIpc) is 2.26. The summed E-state index contributed by atoms with van der Waals surface area (Å²) in [6.45, 7) is 2.01. The normalized spacial score (nSPS) is 13.6. The Labute approximate surface area is 111 Å². The first-order valence-electron chi connectivity index (χ1n) is 5.19. The smallest absolute Gasteiger partial charge is 0.214 e. The third-order valence-electron chi connectivity index (χ3n) is 2.28. The van der Waals surface area contributed by atoms with Crippen molar-refractivity contribution in [3.05, 3.63) is 34.3 Å². The second-order valence-corrected chi connectivity index (χ2v) is 6.49. The summed E-state index contributed by atoms with van der Waals surface area (Å²) >= 11 is 3.33. The summed E-state index contributed by atoms with van der Waals surface area (Å²) in [7, 11) is -1.81. The van der Waals surface area contributed by atoms with E-state index in [9.17, 15) is 8.42 Å². The van der Waals surface area contributed by atoms with Gasteiger partial charge in [0.25, 0.3) is 0 Å². The summed E-state index contributed by atoms with van der Waals surface area (Å²) in [6, 6.07) is 7.29. The zero-order valence-corrected chi connectivity index (χ0v) is 12.2. The van der Waals surface area contributed by atoms with E-state index in [2.05, 4.69) is 20.7 Å². The minimum atomic E-state index is -3.29. The van der Waals surface area contributed by atoms with Gasteiger partial charge in [-0.2, -0.15) is 0 Å². The molecule has 4 nitrogen and oxygen atoms in total. The highest BCUT2D eigenvalue weighted by Gasteiger charge is 2.15. The maximum absolute atomic E-state index is 11.6. The van der Waals surface area contributed by atoms with Crippen LogP contribution in [0.15, 0.2) is 28.7 Å². The fraction of sp³-hybridized carbons (Fsp3) is 0.455. The minimum Gasteiger partial charge on any atom is -0.384 e. The third-order valence-corrected chi connectivity index (χ3v) is 4.23. The SMILES string of the molecule is COCCS(=O)(=O)NC(C)c1ccc(Br)cc1. The minimum absolute atomic E-state index is 0.0234. The molecule has 0 amide bonds. The van der Waals surface area contributed by atoms with E-state index in [4.69, 9.17) is 4.74 Å². The van der Waals surface area contributed by atoms with Crippen LogP contribution in [0.2, 0.25) is 0 Å². The number of sulfonamides is 1. The Morgan fingerprint density at radius 3 is 2.47 bits per heavy atom. The largest absolute Gasteiger partial charge is 0.384 e. The molecule has 0 bridgehead atoms. The van der Waals surface area contributed by atoms with E-state index in [1.807, 2.05) is 31.2 Å². The Morgan fingerprint density at radius 1 is 1.35 bits per heavy atom. The van der Waals surface area contributed by atoms with Crippen molar-refractivity contribution in [1.82, 2.24) is 4.72 Å². The van der Waals surface area contributed by atoms with Crippen LogP contribution < -0.4 is 4.72 Å². The Morgan fingerprint density at radius 2 is 1.94 bits per heavy atom. The summed E-state index contributed by atoms with van der Waals surface area (Å²) in [5, 5.41) is 0. The van der Waals surface area contributed by atoms with E-state index >= 15 is 0 Å². The number of methoxy groups -OCH3 is 1.